The second-order valence-corrected chi connectivity index (χ2v) is 6.54. The normalized spacial score (nSPS) is 18.0. The second-order valence-electron chi connectivity index (χ2n) is 5.62. The number of guanidine groups is 1. The van der Waals surface area contributed by atoms with Crippen molar-refractivity contribution in [3.8, 4) is 0 Å². The number of hydrogen-bond donors (Lipinski definition) is 2. The number of nitrogens with two attached hydrogens (primary N) is 1. The van der Waals surface area contributed by atoms with Gasteiger partial charge in [-0.05, 0) is 37.5 Å². The number of nitrogens with zero attached hydrogens (tertiary/aromatic N) is 2. The molecule has 0 saturated carbocycles. The van der Waals surface area contributed by atoms with Crippen LogP contribution in [0, 0.1) is 5.92 Å². The average molecular weight is 479 g/mol. The molecule has 1 saturated heterocycles. The van der Waals surface area contributed by atoms with E-state index in [0.29, 0.717) is 18.4 Å². The Morgan fingerprint density at radius 3 is 3.00 bits per heavy atom. The highest BCUT2D eigenvalue weighted by molar-refractivity contribution is 14.0. The molecule has 0 aliphatic carbocycles. The van der Waals surface area contributed by atoms with Crippen molar-refractivity contribution in [3.63, 3.8) is 0 Å². The van der Waals surface area contributed by atoms with Crippen LogP contribution in [0.2, 0.25) is 0 Å². The summed E-state index contributed by atoms with van der Waals surface area (Å²) in [6.07, 6.45) is 1.17. The first-order valence-electron chi connectivity index (χ1n) is 7.23. The smallest absolute Gasteiger partial charge is 0.188 e. The van der Waals surface area contributed by atoms with Crippen LogP contribution in [0.5, 0.6) is 0 Å². The van der Waals surface area contributed by atoms with Crippen LogP contribution >= 0.6 is 39.9 Å². The maximum atomic E-state index is 5.84. The van der Waals surface area contributed by atoms with E-state index in [-0.39, 0.29) is 24.0 Å². The van der Waals surface area contributed by atoms with Crippen molar-refractivity contribution in [2.24, 2.45) is 16.6 Å². The van der Waals surface area contributed by atoms with Crippen LogP contribution < -0.4 is 16.0 Å². The Labute approximate surface area is 158 Å². The third-order valence-corrected chi connectivity index (χ3v) is 4.04. The lowest BCUT2D eigenvalue weighted by molar-refractivity contribution is 0.570. The van der Waals surface area contributed by atoms with Crippen LogP contribution in [0.15, 0.2) is 45.9 Å². The van der Waals surface area contributed by atoms with E-state index in [1.807, 2.05) is 6.92 Å². The van der Waals surface area contributed by atoms with Gasteiger partial charge in [0.1, 0.15) is 0 Å². The molecule has 1 atom stereocenters. The molecule has 1 aromatic rings. The Bertz CT molecular complexity index is 533. The third kappa shape index (κ3) is 6.16. The summed E-state index contributed by atoms with van der Waals surface area (Å²) in [5.41, 5.74) is 8.13. The Morgan fingerprint density at radius 1 is 1.55 bits per heavy atom. The van der Waals surface area contributed by atoms with E-state index >= 15 is 0 Å². The predicted molar refractivity (Wildman–Crippen MR) is 109 cm³/mol. The lowest BCUT2D eigenvalue weighted by atomic mass is 10.1. The minimum Gasteiger partial charge on any atom is -0.371 e. The molecular weight excluding hydrogens is 455 g/mol. The molecule has 1 fully saturated rings. The van der Waals surface area contributed by atoms with Gasteiger partial charge >= 0.3 is 0 Å². The second kappa shape index (κ2) is 9.39. The molecule has 0 radical (unpaired) electrons. The molecule has 22 heavy (non-hydrogen) atoms. The van der Waals surface area contributed by atoms with E-state index in [4.69, 9.17) is 5.73 Å². The minimum absolute atomic E-state index is 0. The summed E-state index contributed by atoms with van der Waals surface area (Å²) >= 11 is 3.52. The Hall–Kier alpha value is -0.760. The van der Waals surface area contributed by atoms with Gasteiger partial charge in [0.25, 0.3) is 0 Å². The lowest BCUT2D eigenvalue weighted by Gasteiger charge is -2.19. The van der Waals surface area contributed by atoms with Crippen LogP contribution in [0.3, 0.4) is 0 Å². The lowest BCUT2D eigenvalue weighted by Crippen LogP contribution is -2.36. The summed E-state index contributed by atoms with van der Waals surface area (Å²) in [5.74, 6) is 1.11. The molecule has 0 amide bonds. The average Bonchev–Trinajstić information content (AvgIpc) is 2.92. The molecule has 4 nitrogen and oxygen atoms in total. The number of aliphatic imine (C=N–C) groups is 1. The predicted octanol–water partition coefficient (Wildman–Crippen LogP) is 3.37. The van der Waals surface area contributed by atoms with Gasteiger partial charge in [-0.25, -0.2) is 4.99 Å². The third-order valence-electron chi connectivity index (χ3n) is 3.55. The van der Waals surface area contributed by atoms with Gasteiger partial charge < -0.3 is 16.0 Å². The van der Waals surface area contributed by atoms with Gasteiger partial charge in [-0.2, -0.15) is 0 Å². The molecule has 1 aromatic carbocycles. The number of halogens is 2. The number of nitrogens with one attached hydrogen (secondary N) is 1. The zero-order chi connectivity index (χ0) is 15.2. The maximum absolute atomic E-state index is 5.84. The van der Waals surface area contributed by atoms with Gasteiger partial charge in [0.2, 0.25) is 0 Å². The standard InChI is InChI=1S/C16H23BrN4.HI/c1-12(2)9-19-16(18)20-10-13-6-7-21(11-13)15-5-3-4-14(17)8-15;/h3-5,8,13H,1,6-7,9-11H2,2H3,(H3,18,19,20);1H. The topological polar surface area (TPSA) is 53.6 Å². The van der Waals surface area contributed by atoms with Crippen LogP contribution in [0.25, 0.3) is 0 Å². The molecule has 1 aliphatic heterocycles. The van der Waals surface area contributed by atoms with Gasteiger partial charge in [0.05, 0.1) is 6.54 Å². The molecule has 1 aliphatic rings. The van der Waals surface area contributed by atoms with Gasteiger partial charge in [0, 0.05) is 29.8 Å². The first-order valence-corrected chi connectivity index (χ1v) is 8.02. The first-order chi connectivity index (χ1) is 10.0. The van der Waals surface area contributed by atoms with E-state index in [9.17, 15) is 0 Å². The van der Waals surface area contributed by atoms with Crippen molar-refractivity contribution in [1.29, 1.82) is 0 Å². The van der Waals surface area contributed by atoms with E-state index in [0.717, 1.165) is 29.7 Å². The quantitative estimate of drug-likeness (QED) is 0.295. The molecule has 1 heterocycles. The van der Waals surface area contributed by atoms with E-state index in [1.54, 1.807) is 0 Å². The maximum Gasteiger partial charge on any atom is 0.188 e. The summed E-state index contributed by atoms with van der Waals surface area (Å²) < 4.78 is 1.12. The molecule has 1 unspecified atom stereocenters. The van der Waals surface area contributed by atoms with Crippen molar-refractivity contribution < 1.29 is 0 Å². The number of anilines is 1. The molecule has 0 aromatic heterocycles. The monoisotopic (exact) mass is 478 g/mol. The van der Waals surface area contributed by atoms with E-state index < -0.39 is 0 Å². The van der Waals surface area contributed by atoms with Crippen LogP contribution in [-0.4, -0.2) is 32.1 Å². The van der Waals surface area contributed by atoms with Crippen molar-refractivity contribution in [2.75, 3.05) is 31.1 Å². The highest BCUT2D eigenvalue weighted by Crippen LogP contribution is 2.25. The highest BCUT2D eigenvalue weighted by atomic mass is 127. The summed E-state index contributed by atoms with van der Waals surface area (Å²) in [6.45, 7) is 9.37. The highest BCUT2D eigenvalue weighted by Gasteiger charge is 2.22. The summed E-state index contributed by atoms with van der Waals surface area (Å²) in [7, 11) is 0. The van der Waals surface area contributed by atoms with E-state index in [1.165, 1.54) is 12.1 Å². The molecule has 0 spiro atoms. The SMILES string of the molecule is C=C(C)CN=C(N)NCC1CCN(c2cccc(Br)c2)C1.I. The van der Waals surface area contributed by atoms with Crippen LogP contribution in [0.1, 0.15) is 13.3 Å². The number of hydrogen-bond acceptors (Lipinski definition) is 2. The molecule has 0 bridgehead atoms. The zero-order valence-electron chi connectivity index (χ0n) is 12.9. The summed E-state index contributed by atoms with van der Waals surface area (Å²) in [6, 6.07) is 8.45. The zero-order valence-corrected chi connectivity index (χ0v) is 16.8. The Balaban J connectivity index is 0.00000242. The minimum atomic E-state index is 0. The van der Waals surface area contributed by atoms with Crippen molar-refractivity contribution >= 4 is 51.6 Å². The van der Waals surface area contributed by atoms with Gasteiger partial charge in [-0.1, -0.05) is 34.1 Å². The molecular formula is C16H24BrIN4. The number of rotatable bonds is 5. The van der Waals surface area contributed by atoms with Crippen molar-refractivity contribution in [3.05, 3.63) is 40.9 Å². The van der Waals surface area contributed by atoms with Gasteiger partial charge in [-0.15, -0.1) is 24.0 Å². The van der Waals surface area contributed by atoms with Gasteiger partial charge in [0.15, 0.2) is 5.96 Å². The van der Waals surface area contributed by atoms with Crippen molar-refractivity contribution in [1.82, 2.24) is 5.32 Å². The fourth-order valence-corrected chi connectivity index (χ4v) is 2.82. The number of benzene rings is 1. The van der Waals surface area contributed by atoms with E-state index in [2.05, 4.69) is 62.0 Å². The summed E-state index contributed by atoms with van der Waals surface area (Å²) in [4.78, 5) is 6.65. The Kier molecular flexibility index (Phi) is 8.24. The molecule has 6 heteroatoms. The fourth-order valence-electron chi connectivity index (χ4n) is 2.43. The Morgan fingerprint density at radius 2 is 2.32 bits per heavy atom. The molecule has 3 N–H and O–H groups in total. The van der Waals surface area contributed by atoms with Crippen molar-refractivity contribution in [2.45, 2.75) is 13.3 Å². The van der Waals surface area contributed by atoms with Crippen LogP contribution in [0.4, 0.5) is 5.69 Å². The first kappa shape index (κ1) is 19.3. The van der Waals surface area contributed by atoms with Gasteiger partial charge in [-0.3, -0.25) is 0 Å². The molecule has 2 rings (SSSR count). The fraction of sp³-hybridized carbons (Fsp3) is 0.438. The molecule has 122 valence electrons. The summed E-state index contributed by atoms with van der Waals surface area (Å²) in [5, 5.41) is 3.21. The largest absolute Gasteiger partial charge is 0.371 e. The van der Waals surface area contributed by atoms with Crippen LogP contribution in [-0.2, 0) is 0 Å².